The molecule has 1 aromatic heterocycles. The summed E-state index contributed by atoms with van der Waals surface area (Å²) >= 11 is 0. The molecule has 1 aromatic carbocycles. The highest BCUT2D eigenvalue weighted by molar-refractivity contribution is 6.41. The monoisotopic (exact) mass is 399 g/mol. The summed E-state index contributed by atoms with van der Waals surface area (Å²) < 4.78 is 0. The zero-order valence-electron chi connectivity index (χ0n) is 17.4. The molecule has 0 aliphatic heterocycles. The van der Waals surface area contributed by atoms with Gasteiger partial charge >= 0.3 is 7.12 Å². The van der Waals surface area contributed by atoms with E-state index < -0.39 is 19.1 Å². The van der Waals surface area contributed by atoms with E-state index >= 15 is 0 Å². The molecule has 0 spiro atoms. The third-order valence-electron chi connectivity index (χ3n) is 3.54. The van der Waals surface area contributed by atoms with Crippen LogP contribution in [0.1, 0.15) is 54.7 Å². The smallest absolute Gasteiger partial charge is 0.426 e. The summed E-state index contributed by atoms with van der Waals surface area (Å²) in [5, 5.41) is 22.9. The van der Waals surface area contributed by atoms with Gasteiger partial charge in [0.25, 0.3) is 5.91 Å². The number of nitrogens with one attached hydrogen (secondary N) is 2. The molecule has 1 unspecified atom stereocenters. The summed E-state index contributed by atoms with van der Waals surface area (Å²) in [5.41, 5.74) is 2.19. The molecule has 156 valence electrons. The number of carbonyl (C=O) groups excluding carboxylic acids is 2. The van der Waals surface area contributed by atoms with Crippen LogP contribution in [0.15, 0.2) is 48.8 Å². The van der Waals surface area contributed by atoms with Gasteiger partial charge in [-0.3, -0.25) is 14.6 Å². The van der Waals surface area contributed by atoms with Gasteiger partial charge in [-0.1, -0.05) is 50.6 Å². The van der Waals surface area contributed by atoms with Gasteiger partial charge in [0, 0.05) is 12.4 Å². The molecule has 0 aliphatic rings. The van der Waals surface area contributed by atoms with Gasteiger partial charge < -0.3 is 20.7 Å². The van der Waals surface area contributed by atoms with Crippen LogP contribution in [-0.4, -0.2) is 40.4 Å². The summed E-state index contributed by atoms with van der Waals surface area (Å²) in [6.45, 7) is 8.42. The number of benzene rings is 1. The summed E-state index contributed by atoms with van der Waals surface area (Å²) in [4.78, 5) is 28.3. The van der Waals surface area contributed by atoms with E-state index in [4.69, 9.17) is 10.0 Å². The fourth-order valence-electron chi connectivity index (χ4n) is 2.34. The Morgan fingerprint density at radius 2 is 1.83 bits per heavy atom. The Labute approximate surface area is 172 Å². The first-order valence-corrected chi connectivity index (χ1v) is 9.59. The molecule has 0 bridgehead atoms. The van der Waals surface area contributed by atoms with Crippen molar-refractivity contribution in [2.45, 2.75) is 40.2 Å². The molecule has 0 saturated heterocycles. The van der Waals surface area contributed by atoms with Crippen LogP contribution in [0.4, 0.5) is 0 Å². The fourth-order valence-corrected chi connectivity index (χ4v) is 2.34. The molecule has 2 aromatic rings. The lowest BCUT2D eigenvalue weighted by molar-refractivity contribution is -0.121. The van der Waals surface area contributed by atoms with Crippen LogP contribution in [0.2, 0.25) is 0 Å². The Morgan fingerprint density at radius 3 is 2.38 bits per heavy atom. The third kappa shape index (κ3) is 10.4. The van der Waals surface area contributed by atoms with E-state index in [0.717, 1.165) is 17.0 Å². The summed E-state index contributed by atoms with van der Waals surface area (Å²) in [6.07, 6.45) is 2.73. The van der Waals surface area contributed by atoms with Crippen LogP contribution in [0.3, 0.4) is 0 Å². The van der Waals surface area contributed by atoms with E-state index in [1.165, 1.54) is 6.20 Å². The van der Waals surface area contributed by atoms with Gasteiger partial charge in [-0.2, -0.15) is 0 Å². The number of hydrogen-bond donors (Lipinski definition) is 4. The van der Waals surface area contributed by atoms with Crippen LogP contribution in [0, 0.1) is 12.8 Å². The Bertz CT molecular complexity index is 767. The first kappa shape index (κ1) is 24.3. The maximum Gasteiger partial charge on any atom is 0.472 e. The number of amides is 2. The van der Waals surface area contributed by atoms with Gasteiger partial charge in [0.15, 0.2) is 0 Å². The van der Waals surface area contributed by atoms with Crippen molar-refractivity contribution in [1.29, 1.82) is 0 Å². The lowest BCUT2D eigenvalue weighted by atomic mass is 9.92. The van der Waals surface area contributed by atoms with Crippen molar-refractivity contribution in [2.75, 3.05) is 6.44 Å². The van der Waals surface area contributed by atoms with Crippen molar-refractivity contribution >= 4 is 18.9 Å². The first-order valence-electron chi connectivity index (χ1n) is 9.59. The normalized spacial score (nSPS) is 11.1. The second-order valence-electron chi connectivity index (χ2n) is 7.40. The molecule has 4 N–H and O–H groups in total. The van der Waals surface area contributed by atoms with Gasteiger partial charge in [0.1, 0.15) is 0 Å². The Balaban J connectivity index is 0.000000960. The molecule has 29 heavy (non-hydrogen) atoms. The Morgan fingerprint density at radius 1 is 1.14 bits per heavy atom. The first-order chi connectivity index (χ1) is 13.7. The molecular formula is C21H30BN3O4. The van der Waals surface area contributed by atoms with E-state index in [2.05, 4.69) is 36.4 Å². The largest absolute Gasteiger partial charge is 0.472 e. The topological polar surface area (TPSA) is 112 Å². The van der Waals surface area contributed by atoms with E-state index in [1.54, 1.807) is 18.3 Å². The minimum atomic E-state index is -1.62. The van der Waals surface area contributed by atoms with E-state index in [-0.39, 0.29) is 18.8 Å². The molecule has 1 atom stereocenters. The molecule has 7 nitrogen and oxygen atoms in total. The van der Waals surface area contributed by atoms with E-state index in [1.807, 2.05) is 31.2 Å². The van der Waals surface area contributed by atoms with Crippen LogP contribution in [0.5, 0.6) is 0 Å². The Hall–Kier alpha value is -2.71. The molecular weight excluding hydrogens is 369 g/mol. The number of aryl methyl sites for hydroxylation is 1. The van der Waals surface area contributed by atoms with Gasteiger partial charge in [-0.25, -0.2) is 0 Å². The quantitative estimate of drug-likeness (QED) is 0.533. The minimum Gasteiger partial charge on any atom is -0.426 e. The number of carbonyl (C=O) groups is 2. The second-order valence-corrected chi connectivity index (χ2v) is 7.40. The lowest BCUT2D eigenvalue weighted by Gasteiger charge is -2.19. The third-order valence-corrected chi connectivity index (χ3v) is 3.54. The van der Waals surface area contributed by atoms with Crippen molar-refractivity contribution in [3.05, 3.63) is 65.5 Å². The zero-order valence-corrected chi connectivity index (χ0v) is 17.4. The average molecular weight is 399 g/mol. The minimum absolute atomic E-state index is 0.0256. The van der Waals surface area contributed by atoms with Crippen molar-refractivity contribution in [3.63, 3.8) is 0 Å². The highest BCUT2D eigenvalue weighted by Crippen LogP contribution is 2.19. The van der Waals surface area contributed by atoms with Gasteiger partial charge in [-0.05, 0) is 30.5 Å². The summed E-state index contributed by atoms with van der Waals surface area (Å²) in [5.74, 6) is 0.0979. The van der Waals surface area contributed by atoms with Gasteiger partial charge in [0.05, 0.1) is 24.5 Å². The average Bonchev–Trinajstić information content (AvgIpc) is 2.66. The van der Waals surface area contributed by atoms with Crippen molar-refractivity contribution in [2.24, 2.45) is 5.92 Å². The second kappa shape index (κ2) is 12.7. The molecule has 0 aliphatic carbocycles. The van der Waals surface area contributed by atoms with E-state index in [0.29, 0.717) is 5.56 Å². The molecule has 0 fully saturated rings. The van der Waals surface area contributed by atoms with Crippen molar-refractivity contribution in [3.8, 4) is 0 Å². The number of nitrogens with zero attached hydrogens (tertiary/aromatic N) is 1. The molecule has 1 heterocycles. The maximum atomic E-state index is 12.4. The number of aromatic nitrogens is 1. The maximum absolute atomic E-state index is 12.4. The molecule has 0 saturated carbocycles. The SMILES string of the molecule is CC(C)C.Cc1cccc(C(CC(=O)NCB(O)O)NC(=O)c2cccnc2)c1. The highest BCUT2D eigenvalue weighted by Gasteiger charge is 2.20. The van der Waals surface area contributed by atoms with Gasteiger partial charge in [-0.15, -0.1) is 0 Å². The fraction of sp³-hybridized carbons (Fsp3) is 0.381. The van der Waals surface area contributed by atoms with Crippen LogP contribution < -0.4 is 10.6 Å². The molecule has 2 amide bonds. The van der Waals surface area contributed by atoms with Crippen LogP contribution in [-0.2, 0) is 4.79 Å². The highest BCUT2D eigenvalue weighted by atomic mass is 16.4. The van der Waals surface area contributed by atoms with Crippen molar-refractivity contribution < 1.29 is 19.6 Å². The summed E-state index contributed by atoms with van der Waals surface area (Å²) in [7, 11) is -1.62. The standard InChI is InChI=1S/C17H20BN3O4.C4H10/c1-12-4-2-5-13(8-12)15(9-16(22)20-11-18(24)25)21-17(23)14-6-3-7-19-10-14;1-4(2)3/h2-8,10,15,24-25H,9,11H2,1H3,(H,20,22)(H,21,23);4H,1-3H3. The number of hydrogen-bond acceptors (Lipinski definition) is 5. The number of rotatable bonds is 7. The van der Waals surface area contributed by atoms with Gasteiger partial charge in [0.2, 0.25) is 5.91 Å². The number of pyridine rings is 1. The summed E-state index contributed by atoms with van der Waals surface area (Å²) in [6, 6.07) is 10.2. The predicted octanol–water partition coefficient (Wildman–Crippen LogP) is 2.04. The Kier molecular flexibility index (Phi) is 10.7. The van der Waals surface area contributed by atoms with Crippen LogP contribution in [0.25, 0.3) is 0 Å². The predicted molar refractivity (Wildman–Crippen MR) is 114 cm³/mol. The molecule has 8 heteroatoms. The van der Waals surface area contributed by atoms with Crippen LogP contribution >= 0.6 is 0 Å². The van der Waals surface area contributed by atoms with Crippen molar-refractivity contribution in [1.82, 2.24) is 15.6 Å². The lowest BCUT2D eigenvalue weighted by Crippen LogP contribution is -2.38. The molecule has 2 rings (SSSR count). The zero-order chi connectivity index (χ0) is 21.8. The molecule has 0 radical (unpaired) electrons. The van der Waals surface area contributed by atoms with E-state index in [9.17, 15) is 9.59 Å².